The van der Waals surface area contributed by atoms with Crippen LogP contribution in [0.25, 0.3) is 10.9 Å². The summed E-state index contributed by atoms with van der Waals surface area (Å²) in [5, 5.41) is 7.77. The van der Waals surface area contributed by atoms with Gasteiger partial charge in [-0.05, 0) is 18.2 Å². The van der Waals surface area contributed by atoms with Gasteiger partial charge in [-0.2, -0.15) is 5.10 Å². The minimum atomic E-state index is -0.260. The topological polar surface area (TPSA) is 46.9 Å². The van der Waals surface area contributed by atoms with Gasteiger partial charge in [-0.15, -0.1) is 11.6 Å². The van der Waals surface area contributed by atoms with Crippen LogP contribution in [0.1, 0.15) is 0 Å². The second kappa shape index (κ2) is 4.43. The van der Waals surface area contributed by atoms with E-state index < -0.39 is 0 Å². The Bertz CT molecular complexity index is 552. The summed E-state index contributed by atoms with van der Waals surface area (Å²) in [6.45, 7) is 0. The number of aromatic nitrogens is 2. The highest BCUT2D eigenvalue weighted by Gasteiger charge is 2.10. The minimum absolute atomic E-state index is 0.0748. The zero-order valence-electron chi connectivity index (χ0n) is 8.50. The molecule has 2 aromatic rings. The number of anilines is 1. The average molecular weight is 303 g/mol. The molecule has 1 aromatic heterocycles. The third-order valence-corrected chi connectivity index (χ3v) is 2.93. The lowest BCUT2D eigenvalue weighted by atomic mass is 10.2. The molecule has 0 spiro atoms. The van der Waals surface area contributed by atoms with E-state index in [1.54, 1.807) is 4.68 Å². The number of alkyl halides is 1. The first-order valence-corrected chi connectivity index (χ1v) is 5.92. The predicted molar refractivity (Wildman–Crippen MR) is 67.8 cm³/mol. The number of carbonyl (C=O) groups excluding carboxylic acids is 1. The molecule has 2 rings (SSSR count). The van der Waals surface area contributed by atoms with Crippen LogP contribution in [0.15, 0.2) is 22.7 Å². The number of rotatable bonds is 2. The van der Waals surface area contributed by atoms with E-state index in [0.717, 1.165) is 15.4 Å². The van der Waals surface area contributed by atoms with Crippen molar-refractivity contribution in [3.63, 3.8) is 0 Å². The lowest BCUT2D eigenvalue weighted by molar-refractivity contribution is -0.113. The highest BCUT2D eigenvalue weighted by molar-refractivity contribution is 9.10. The lowest BCUT2D eigenvalue weighted by Gasteiger charge is -1.98. The van der Waals surface area contributed by atoms with Gasteiger partial charge >= 0.3 is 0 Å². The van der Waals surface area contributed by atoms with Gasteiger partial charge in [0.05, 0.1) is 5.52 Å². The van der Waals surface area contributed by atoms with Crippen LogP contribution >= 0.6 is 27.5 Å². The lowest BCUT2D eigenvalue weighted by Crippen LogP contribution is -2.13. The zero-order chi connectivity index (χ0) is 11.7. The van der Waals surface area contributed by atoms with Gasteiger partial charge in [-0.3, -0.25) is 9.48 Å². The molecule has 0 unspecified atom stereocenters. The van der Waals surface area contributed by atoms with Gasteiger partial charge in [-0.1, -0.05) is 15.9 Å². The van der Waals surface area contributed by atoms with E-state index in [0.29, 0.717) is 5.82 Å². The summed E-state index contributed by atoms with van der Waals surface area (Å²) in [6, 6.07) is 5.75. The summed E-state index contributed by atoms with van der Waals surface area (Å²) in [7, 11) is 1.82. The van der Waals surface area contributed by atoms with Crippen molar-refractivity contribution in [3.05, 3.63) is 22.7 Å². The van der Waals surface area contributed by atoms with Crippen LogP contribution in [0.2, 0.25) is 0 Å². The van der Waals surface area contributed by atoms with Crippen molar-refractivity contribution in [2.24, 2.45) is 7.05 Å². The second-order valence-corrected chi connectivity index (χ2v) is 4.50. The highest BCUT2D eigenvalue weighted by Crippen LogP contribution is 2.25. The first kappa shape index (κ1) is 11.4. The van der Waals surface area contributed by atoms with Gasteiger partial charge in [0.25, 0.3) is 0 Å². The fourth-order valence-corrected chi connectivity index (χ4v) is 1.90. The van der Waals surface area contributed by atoms with Crippen LogP contribution in [0.3, 0.4) is 0 Å². The Kier molecular flexibility index (Phi) is 3.16. The Morgan fingerprint density at radius 3 is 3.06 bits per heavy atom. The third kappa shape index (κ3) is 2.05. The van der Waals surface area contributed by atoms with Crippen molar-refractivity contribution in [2.45, 2.75) is 0 Å². The molecule has 1 heterocycles. The number of hydrogen-bond donors (Lipinski definition) is 1. The predicted octanol–water partition coefficient (Wildman–Crippen LogP) is 2.51. The molecule has 84 valence electrons. The maximum Gasteiger partial charge on any atom is 0.240 e. The highest BCUT2D eigenvalue weighted by atomic mass is 79.9. The van der Waals surface area contributed by atoms with E-state index >= 15 is 0 Å². The summed E-state index contributed by atoms with van der Waals surface area (Å²) in [6.07, 6.45) is 0. The van der Waals surface area contributed by atoms with Crippen molar-refractivity contribution in [3.8, 4) is 0 Å². The fourth-order valence-electron chi connectivity index (χ4n) is 1.49. The number of carbonyl (C=O) groups is 1. The van der Waals surface area contributed by atoms with Crippen molar-refractivity contribution in [1.82, 2.24) is 9.78 Å². The Labute approximate surface area is 106 Å². The van der Waals surface area contributed by atoms with Gasteiger partial charge in [0.15, 0.2) is 5.82 Å². The largest absolute Gasteiger partial charge is 0.308 e. The van der Waals surface area contributed by atoms with Crippen LogP contribution in [0.4, 0.5) is 5.82 Å². The van der Waals surface area contributed by atoms with Gasteiger partial charge < -0.3 is 5.32 Å². The molecule has 1 aromatic carbocycles. The molecule has 0 bridgehead atoms. The molecular formula is C10H9BrClN3O. The molecule has 0 aliphatic carbocycles. The monoisotopic (exact) mass is 301 g/mol. The Balaban J connectivity index is 2.51. The molecule has 1 N–H and O–H groups in total. The van der Waals surface area contributed by atoms with E-state index in [2.05, 4.69) is 26.3 Å². The number of hydrogen-bond acceptors (Lipinski definition) is 2. The van der Waals surface area contributed by atoms with Crippen molar-refractivity contribution < 1.29 is 4.79 Å². The zero-order valence-corrected chi connectivity index (χ0v) is 10.8. The van der Waals surface area contributed by atoms with Crippen molar-refractivity contribution >= 4 is 50.2 Å². The first-order valence-electron chi connectivity index (χ1n) is 4.60. The first-order chi connectivity index (χ1) is 7.61. The summed E-state index contributed by atoms with van der Waals surface area (Å²) in [5.41, 5.74) is 0.944. The quantitative estimate of drug-likeness (QED) is 0.867. The molecular weight excluding hydrogens is 293 g/mol. The van der Waals surface area contributed by atoms with E-state index in [-0.39, 0.29) is 11.8 Å². The number of fused-ring (bicyclic) bond motifs is 1. The molecule has 0 aliphatic rings. The fraction of sp³-hybridized carbons (Fsp3) is 0.200. The number of benzene rings is 1. The van der Waals surface area contributed by atoms with Crippen molar-refractivity contribution in [1.29, 1.82) is 0 Å². The van der Waals surface area contributed by atoms with Crippen LogP contribution in [0.5, 0.6) is 0 Å². The van der Waals surface area contributed by atoms with Gasteiger partial charge in [0.1, 0.15) is 5.88 Å². The molecule has 16 heavy (non-hydrogen) atoms. The average Bonchev–Trinajstić information content (AvgIpc) is 2.55. The Morgan fingerprint density at radius 1 is 1.62 bits per heavy atom. The molecule has 6 heteroatoms. The third-order valence-electron chi connectivity index (χ3n) is 2.19. The minimum Gasteiger partial charge on any atom is -0.308 e. The molecule has 0 radical (unpaired) electrons. The van der Waals surface area contributed by atoms with Crippen LogP contribution in [0, 0.1) is 0 Å². The normalized spacial score (nSPS) is 10.7. The molecule has 4 nitrogen and oxygen atoms in total. The molecule has 0 fully saturated rings. The van der Waals surface area contributed by atoms with E-state index in [1.807, 2.05) is 25.2 Å². The van der Waals surface area contributed by atoms with E-state index in [4.69, 9.17) is 11.6 Å². The number of halogens is 2. The van der Waals surface area contributed by atoms with Crippen LogP contribution in [-0.2, 0) is 11.8 Å². The van der Waals surface area contributed by atoms with Crippen LogP contribution < -0.4 is 5.32 Å². The van der Waals surface area contributed by atoms with Crippen molar-refractivity contribution in [2.75, 3.05) is 11.2 Å². The van der Waals surface area contributed by atoms with Crippen LogP contribution in [-0.4, -0.2) is 21.6 Å². The summed E-state index contributed by atoms with van der Waals surface area (Å²) in [4.78, 5) is 11.2. The molecule has 1 amide bonds. The number of aryl methyl sites for hydroxylation is 1. The standard InChI is InChI=1S/C10H9BrClN3O/c1-15-8-4-6(11)2-3-7(8)10(14-15)13-9(16)5-12/h2-4H,5H2,1H3,(H,13,14,16). The summed E-state index contributed by atoms with van der Waals surface area (Å²) in [5.74, 6) is 0.203. The number of nitrogens with zero attached hydrogens (tertiary/aromatic N) is 2. The smallest absolute Gasteiger partial charge is 0.240 e. The molecule has 0 aliphatic heterocycles. The number of amides is 1. The maximum absolute atomic E-state index is 11.2. The van der Waals surface area contributed by atoms with E-state index in [1.165, 1.54) is 0 Å². The second-order valence-electron chi connectivity index (χ2n) is 3.32. The Hall–Kier alpha value is -1.07. The molecule has 0 saturated heterocycles. The molecule has 0 saturated carbocycles. The number of nitrogens with one attached hydrogen (secondary N) is 1. The summed E-state index contributed by atoms with van der Waals surface area (Å²) < 4.78 is 2.68. The molecule has 0 atom stereocenters. The van der Waals surface area contributed by atoms with Gasteiger partial charge in [0.2, 0.25) is 5.91 Å². The SMILES string of the molecule is Cn1nc(NC(=O)CCl)c2ccc(Br)cc21. The van der Waals surface area contributed by atoms with Gasteiger partial charge in [0, 0.05) is 16.9 Å². The summed E-state index contributed by atoms with van der Waals surface area (Å²) >= 11 is 8.82. The maximum atomic E-state index is 11.2. The van der Waals surface area contributed by atoms with E-state index in [9.17, 15) is 4.79 Å². The van der Waals surface area contributed by atoms with Gasteiger partial charge in [-0.25, -0.2) is 0 Å². The Morgan fingerprint density at radius 2 is 2.38 bits per heavy atom.